The van der Waals surface area contributed by atoms with Crippen molar-refractivity contribution in [2.75, 3.05) is 32.7 Å². The van der Waals surface area contributed by atoms with Crippen LogP contribution >= 0.6 is 11.8 Å². The fraction of sp³-hybridized carbons (Fsp3) is 0.438. The summed E-state index contributed by atoms with van der Waals surface area (Å²) in [5.74, 6) is 0.0675. The lowest BCUT2D eigenvalue weighted by atomic mass is 10.2. The van der Waals surface area contributed by atoms with Gasteiger partial charge in [0, 0.05) is 49.9 Å². The lowest BCUT2D eigenvalue weighted by Gasteiger charge is -2.35. The zero-order valence-electron chi connectivity index (χ0n) is 12.7. The Bertz CT molecular complexity index is 579. The smallest absolute Gasteiger partial charge is 0.246 e. The average Bonchev–Trinajstić information content (AvgIpc) is 3.00. The predicted molar refractivity (Wildman–Crippen MR) is 90.8 cm³/mol. The van der Waals surface area contributed by atoms with E-state index in [1.54, 1.807) is 18.5 Å². The summed E-state index contributed by atoms with van der Waals surface area (Å²) in [5.41, 5.74) is 0.945. The lowest BCUT2D eigenvalue weighted by Crippen LogP contribution is -2.49. The quantitative estimate of drug-likeness (QED) is 0.780. The van der Waals surface area contributed by atoms with E-state index in [2.05, 4.69) is 21.8 Å². The van der Waals surface area contributed by atoms with Gasteiger partial charge >= 0.3 is 0 Å². The van der Waals surface area contributed by atoms with Gasteiger partial charge in [-0.3, -0.25) is 14.8 Å². The molecule has 1 aromatic heterocycles. The molecule has 1 fully saturated rings. The summed E-state index contributed by atoms with van der Waals surface area (Å²) in [4.78, 5) is 25.0. The number of rotatable bonds is 2. The summed E-state index contributed by atoms with van der Waals surface area (Å²) in [5, 5.41) is 1.72. The minimum atomic E-state index is 0.0675. The van der Waals surface area contributed by atoms with E-state index < -0.39 is 0 Å². The van der Waals surface area contributed by atoms with Crippen LogP contribution in [0.25, 0.3) is 6.08 Å². The predicted octanol–water partition coefficient (Wildman–Crippen LogP) is 1.73. The fourth-order valence-corrected chi connectivity index (χ4v) is 3.49. The molecule has 2 aliphatic rings. The Morgan fingerprint density at radius 2 is 2.18 bits per heavy atom. The monoisotopic (exact) mass is 316 g/mol. The number of carbonyl (C=O) groups excluding carboxylic acids is 1. The highest BCUT2D eigenvalue weighted by Gasteiger charge is 2.25. The molecule has 0 bridgehead atoms. The van der Waals surface area contributed by atoms with E-state index in [-0.39, 0.29) is 5.91 Å². The van der Waals surface area contributed by atoms with Crippen LogP contribution in [0.1, 0.15) is 12.5 Å². The molecular formula is C16H20N4OS. The van der Waals surface area contributed by atoms with Gasteiger partial charge in [0.2, 0.25) is 5.91 Å². The van der Waals surface area contributed by atoms with Crippen LogP contribution in [-0.4, -0.2) is 63.8 Å². The Morgan fingerprint density at radius 3 is 2.82 bits per heavy atom. The highest BCUT2D eigenvalue weighted by atomic mass is 32.2. The summed E-state index contributed by atoms with van der Waals surface area (Å²) in [6, 6.07) is 3.80. The van der Waals surface area contributed by atoms with Crippen molar-refractivity contribution in [3.8, 4) is 0 Å². The number of hydrogen-bond acceptors (Lipinski definition) is 5. The Balaban J connectivity index is 1.51. The second-order valence-corrected chi connectivity index (χ2v) is 6.89. The maximum atomic E-state index is 12.2. The summed E-state index contributed by atoms with van der Waals surface area (Å²) in [6.07, 6.45) is 6.93. The number of carbonyl (C=O) groups is 1. The van der Waals surface area contributed by atoms with Crippen molar-refractivity contribution < 1.29 is 4.79 Å². The Hall–Kier alpha value is -1.82. The first-order valence-corrected chi connectivity index (χ1v) is 8.43. The molecule has 1 aromatic rings. The molecule has 2 aliphatic heterocycles. The van der Waals surface area contributed by atoms with E-state index >= 15 is 0 Å². The fourth-order valence-electron chi connectivity index (χ4n) is 2.50. The van der Waals surface area contributed by atoms with Crippen molar-refractivity contribution in [2.45, 2.75) is 12.2 Å². The van der Waals surface area contributed by atoms with Gasteiger partial charge in [0.25, 0.3) is 0 Å². The SMILES string of the molecule is C[C@H]1CN=C(N2CCN(C(=O)/C=C/c3cccnc3)CC2)S1. The Labute approximate surface area is 135 Å². The van der Waals surface area contributed by atoms with Crippen molar-refractivity contribution in [1.82, 2.24) is 14.8 Å². The van der Waals surface area contributed by atoms with Gasteiger partial charge in [-0.2, -0.15) is 0 Å². The molecule has 116 valence electrons. The normalized spacial score (nSPS) is 22.2. The summed E-state index contributed by atoms with van der Waals surface area (Å²) in [6.45, 7) is 6.35. The number of hydrogen-bond donors (Lipinski definition) is 0. The number of pyridine rings is 1. The van der Waals surface area contributed by atoms with Gasteiger partial charge in [-0.15, -0.1) is 0 Å². The molecule has 22 heavy (non-hydrogen) atoms. The minimum Gasteiger partial charge on any atom is -0.348 e. The Kier molecular flexibility index (Phi) is 4.77. The van der Waals surface area contributed by atoms with E-state index in [0.717, 1.165) is 43.5 Å². The van der Waals surface area contributed by atoms with Gasteiger partial charge in [-0.05, 0) is 17.7 Å². The number of nitrogens with zero attached hydrogens (tertiary/aromatic N) is 4. The van der Waals surface area contributed by atoms with Crippen LogP contribution < -0.4 is 0 Å². The number of piperazine rings is 1. The molecule has 6 heteroatoms. The lowest BCUT2D eigenvalue weighted by molar-refractivity contribution is -0.127. The molecule has 0 spiro atoms. The van der Waals surface area contributed by atoms with E-state index in [1.165, 1.54) is 0 Å². The first-order chi connectivity index (χ1) is 10.7. The van der Waals surface area contributed by atoms with Crippen molar-refractivity contribution in [2.24, 2.45) is 4.99 Å². The van der Waals surface area contributed by atoms with E-state index in [4.69, 9.17) is 0 Å². The molecule has 0 aliphatic carbocycles. The van der Waals surface area contributed by atoms with Gasteiger partial charge in [0.1, 0.15) is 0 Å². The van der Waals surface area contributed by atoms with Gasteiger partial charge in [-0.1, -0.05) is 24.8 Å². The number of thioether (sulfide) groups is 1. The van der Waals surface area contributed by atoms with Crippen molar-refractivity contribution in [3.05, 3.63) is 36.2 Å². The molecule has 0 N–H and O–H groups in total. The van der Waals surface area contributed by atoms with Crippen LogP contribution in [0.2, 0.25) is 0 Å². The van der Waals surface area contributed by atoms with Crippen molar-refractivity contribution >= 4 is 28.9 Å². The average molecular weight is 316 g/mol. The molecule has 0 aromatic carbocycles. The molecule has 1 amide bonds. The van der Waals surface area contributed by atoms with Crippen molar-refractivity contribution in [3.63, 3.8) is 0 Å². The van der Waals surface area contributed by atoms with Crippen LogP contribution in [0.3, 0.4) is 0 Å². The van der Waals surface area contributed by atoms with Crippen LogP contribution in [0.5, 0.6) is 0 Å². The maximum absolute atomic E-state index is 12.2. The summed E-state index contributed by atoms with van der Waals surface area (Å²) >= 11 is 1.84. The maximum Gasteiger partial charge on any atom is 0.246 e. The molecule has 3 rings (SSSR count). The molecular weight excluding hydrogens is 296 g/mol. The molecule has 3 heterocycles. The number of amidine groups is 1. The first-order valence-electron chi connectivity index (χ1n) is 7.55. The first kappa shape index (κ1) is 15.1. The standard InChI is InChI=1S/C16H20N4OS/c1-13-11-18-16(22-13)20-9-7-19(8-10-20)15(21)5-4-14-3-2-6-17-12-14/h2-6,12-13H,7-11H2,1H3/b5-4+/t13-/m0/s1. The second kappa shape index (κ2) is 6.96. The van der Waals surface area contributed by atoms with Crippen molar-refractivity contribution in [1.29, 1.82) is 0 Å². The molecule has 5 nitrogen and oxygen atoms in total. The van der Waals surface area contributed by atoms with Gasteiger partial charge in [-0.25, -0.2) is 0 Å². The highest BCUT2D eigenvalue weighted by molar-refractivity contribution is 8.14. The Morgan fingerprint density at radius 1 is 1.36 bits per heavy atom. The van der Waals surface area contributed by atoms with Gasteiger partial charge in [0.15, 0.2) is 5.17 Å². The largest absolute Gasteiger partial charge is 0.348 e. The summed E-state index contributed by atoms with van der Waals surface area (Å²) < 4.78 is 0. The molecule has 0 radical (unpaired) electrons. The third kappa shape index (κ3) is 3.68. The third-order valence-corrected chi connectivity index (χ3v) is 4.90. The van der Waals surface area contributed by atoms with Crippen LogP contribution in [0.15, 0.2) is 35.6 Å². The van der Waals surface area contributed by atoms with E-state index in [9.17, 15) is 4.79 Å². The van der Waals surface area contributed by atoms with Crippen LogP contribution in [-0.2, 0) is 4.79 Å². The van der Waals surface area contributed by atoms with Gasteiger partial charge < -0.3 is 9.80 Å². The molecule has 0 unspecified atom stereocenters. The summed E-state index contributed by atoms with van der Waals surface area (Å²) in [7, 11) is 0. The number of amides is 1. The highest BCUT2D eigenvalue weighted by Crippen LogP contribution is 2.23. The molecule has 1 saturated heterocycles. The third-order valence-electron chi connectivity index (χ3n) is 3.75. The minimum absolute atomic E-state index is 0.0675. The topological polar surface area (TPSA) is 48.8 Å². The van der Waals surface area contributed by atoms with Crippen LogP contribution in [0, 0.1) is 0 Å². The molecule has 1 atom stereocenters. The van der Waals surface area contributed by atoms with E-state index in [1.807, 2.05) is 34.9 Å². The van der Waals surface area contributed by atoms with Gasteiger partial charge in [0.05, 0.1) is 6.54 Å². The number of aromatic nitrogens is 1. The zero-order valence-corrected chi connectivity index (χ0v) is 13.5. The number of aliphatic imine (C=N–C) groups is 1. The molecule has 0 saturated carbocycles. The van der Waals surface area contributed by atoms with Crippen LogP contribution in [0.4, 0.5) is 0 Å². The zero-order chi connectivity index (χ0) is 15.4. The second-order valence-electron chi connectivity index (χ2n) is 5.48. The van der Waals surface area contributed by atoms with E-state index in [0.29, 0.717) is 5.25 Å².